The van der Waals surface area contributed by atoms with Gasteiger partial charge in [-0.25, -0.2) is 0 Å². The van der Waals surface area contributed by atoms with Gasteiger partial charge >= 0.3 is 0 Å². The number of likely N-dealkylation sites (tertiary alicyclic amines) is 1. The molecule has 5 heteroatoms. The first-order valence-corrected chi connectivity index (χ1v) is 7.72. The quantitative estimate of drug-likeness (QED) is 0.465. The summed E-state index contributed by atoms with van der Waals surface area (Å²) in [4.78, 5) is 6.79. The van der Waals surface area contributed by atoms with Gasteiger partial charge in [0, 0.05) is 26.7 Å². The molecule has 1 fully saturated rings. The average molecular weight is 417 g/mol. The standard InChI is InChI=1S/C17H27N3O.HI/c1-13-6-5-7-20(12-13)17(18-3)19-11-15-8-14(2)9-16(10-15)21-4;/h8-10,13H,5-7,11-12H2,1-4H3,(H,18,19);1H. The molecule has 1 aliphatic heterocycles. The van der Waals surface area contributed by atoms with Crippen LogP contribution in [-0.2, 0) is 6.54 Å². The first kappa shape index (κ1) is 19.1. The van der Waals surface area contributed by atoms with Crippen molar-refractivity contribution in [2.24, 2.45) is 10.9 Å². The Morgan fingerprint density at radius 1 is 1.41 bits per heavy atom. The molecule has 0 bridgehead atoms. The van der Waals surface area contributed by atoms with Crippen molar-refractivity contribution >= 4 is 29.9 Å². The van der Waals surface area contributed by atoms with Gasteiger partial charge in [0.1, 0.15) is 5.75 Å². The van der Waals surface area contributed by atoms with Gasteiger partial charge in [-0.05, 0) is 48.9 Å². The molecule has 0 aliphatic carbocycles. The summed E-state index contributed by atoms with van der Waals surface area (Å²) in [5.41, 5.74) is 2.44. The van der Waals surface area contributed by atoms with E-state index < -0.39 is 0 Å². The zero-order valence-corrected chi connectivity index (χ0v) is 16.4. The molecule has 1 N–H and O–H groups in total. The molecule has 0 aromatic heterocycles. The highest BCUT2D eigenvalue weighted by Gasteiger charge is 2.18. The molecule has 4 nitrogen and oxygen atoms in total. The fourth-order valence-electron chi connectivity index (χ4n) is 2.94. The van der Waals surface area contributed by atoms with Crippen LogP contribution in [-0.4, -0.2) is 38.1 Å². The molecule has 1 aliphatic rings. The van der Waals surface area contributed by atoms with Crippen LogP contribution >= 0.6 is 24.0 Å². The number of methoxy groups -OCH3 is 1. The number of rotatable bonds is 3. The van der Waals surface area contributed by atoms with Crippen LogP contribution in [0.4, 0.5) is 0 Å². The Morgan fingerprint density at radius 3 is 2.82 bits per heavy atom. The molecule has 1 heterocycles. The van der Waals surface area contributed by atoms with E-state index in [4.69, 9.17) is 4.74 Å². The van der Waals surface area contributed by atoms with Crippen molar-refractivity contribution in [1.29, 1.82) is 0 Å². The van der Waals surface area contributed by atoms with E-state index in [2.05, 4.69) is 41.2 Å². The van der Waals surface area contributed by atoms with Crippen LogP contribution in [0.1, 0.15) is 30.9 Å². The lowest BCUT2D eigenvalue weighted by Crippen LogP contribution is -2.45. The normalized spacial score (nSPS) is 18.6. The van der Waals surface area contributed by atoms with Crippen LogP contribution < -0.4 is 10.1 Å². The SMILES string of the molecule is CN=C(NCc1cc(C)cc(OC)c1)N1CCCC(C)C1.I. The summed E-state index contributed by atoms with van der Waals surface area (Å²) in [6.45, 7) is 7.37. The second kappa shape index (κ2) is 9.22. The van der Waals surface area contributed by atoms with Crippen molar-refractivity contribution in [2.75, 3.05) is 27.2 Å². The van der Waals surface area contributed by atoms with Gasteiger partial charge in [0.05, 0.1) is 7.11 Å². The molecule has 1 saturated heterocycles. The summed E-state index contributed by atoms with van der Waals surface area (Å²) >= 11 is 0. The summed E-state index contributed by atoms with van der Waals surface area (Å²) in [5.74, 6) is 2.66. The Bertz CT molecular complexity index is 505. The van der Waals surface area contributed by atoms with Gasteiger partial charge < -0.3 is 15.0 Å². The van der Waals surface area contributed by atoms with Gasteiger partial charge in [-0.15, -0.1) is 24.0 Å². The lowest BCUT2D eigenvalue weighted by molar-refractivity contribution is 0.266. The third-order valence-corrected chi connectivity index (χ3v) is 3.97. The van der Waals surface area contributed by atoms with E-state index in [0.717, 1.165) is 37.3 Å². The van der Waals surface area contributed by atoms with E-state index in [1.807, 2.05) is 13.1 Å². The largest absolute Gasteiger partial charge is 0.497 e. The van der Waals surface area contributed by atoms with Crippen LogP contribution in [0, 0.1) is 12.8 Å². The predicted octanol–water partition coefficient (Wildman–Crippen LogP) is 3.43. The van der Waals surface area contributed by atoms with Crippen LogP contribution in [0.15, 0.2) is 23.2 Å². The van der Waals surface area contributed by atoms with Crippen molar-refractivity contribution in [2.45, 2.75) is 33.2 Å². The summed E-state index contributed by atoms with van der Waals surface area (Å²) in [5, 5.41) is 3.47. The van der Waals surface area contributed by atoms with E-state index in [-0.39, 0.29) is 24.0 Å². The number of aliphatic imine (C=N–C) groups is 1. The van der Waals surface area contributed by atoms with E-state index in [1.165, 1.54) is 24.0 Å². The second-order valence-corrected chi connectivity index (χ2v) is 5.95. The summed E-state index contributed by atoms with van der Waals surface area (Å²) in [6, 6.07) is 6.30. The smallest absolute Gasteiger partial charge is 0.193 e. The predicted molar refractivity (Wildman–Crippen MR) is 103 cm³/mol. The maximum absolute atomic E-state index is 5.33. The molecule has 0 amide bonds. The summed E-state index contributed by atoms with van der Waals surface area (Å²) in [6.07, 6.45) is 2.57. The van der Waals surface area contributed by atoms with E-state index >= 15 is 0 Å². The van der Waals surface area contributed by atoms with Crippen molar-refractivity contribution in [3.8, 4) is 5.75 Å². The Hall–Kier alpha value is -0.980. The first-order valence-electron chi connectivity index (χ1n) is 7.72. The molecule has 1 aromatic carbocycles. The lowest BCUT2D eigenvalue weighted by Gasteiger charge is -2.33. The Balaban J connectivity index is 0.00000242. The maximum atomic E-state index is 5.33. The van der Waals surface area contributed by atoms with E-state index in [9.17, 15) is 0 Å². The average Bonchev–Trinajstić information content (AvgIpc) is 2.47. The zero-order valence-electron chi connectivity index (χ0n) is 14.1. The summed E-state index contributed by atoms with van der Waals surface area (Å²) < 4.78 is 5.33. The molecule has 1 aromatic rings. The number of ether oxygens (including phenoxy) is 1. The highest BCUT2D eigenvalue weighted by atomic mass is 127. The second-order valence-electron chi connectivity index (χ2n) is 5.95. The zero-order chi connectivity index (χ0) is 15.2. The number of aryl methyl sites for hydroxylation is 1. The number of benzene rings is 1. The monoisotopic (exact) mass is 417 g/mol. The van der Waals surface area contributed by atoms with Gasteiger partial charge in [0.2, 0.25) is 0 Å². The molecule has 1 unspecified atom stereocenters. The number of nitrogens with zero attached hydrogens (tertiary/aromatic N) is 2. The molecule has 22 heavy (non-hydrogen) atoms. The van der Waals surface area contributed by atoms with Gasteiger partial charge in [-0.3, -0.25) is 4.99 Å². The molecular formula is C17H28IN3O. The fourth-order valence-corrected chi connectivity index (χ4v) is 2.94. The fraction of sp³-hybridized carbons (Fsp3) is 0.588. The van der Waals surface area contributed by atoms with Crippen LogP contribution in [0.5, 0.6) is 5.75 Å². The Morgan fingerprint density at radius 2 is 2.18 bits per heavy atom. The molecule has 1 atom stereocenters. The van der Waals surface area contributed by atoms with Crippen LogP contribution in [0.25, 0.3) is 0 Å². The maximum Gasteiger partial charge on any atom is 0.193 e. The Labute approximate surface area is 151 Å². The minimum atomic E-state index is 0. The van der Waals surface area contributed by atoms with Gasteiger partial charge in [-0.1, -0.05) is 13.0 Å². The van der Waals surface area contributed by atoms with Crippen molar-refractivity contribution < 1.29 is 4.74 Å². The van der Waals surface area contributed by atoms with E-state index in [1.54, 1.807) is 7.11 Å². The lowest BCUT2D eigenvalue weighted by atomic mass is 10.0. The minimum Gasteiger partial charge on any atom is -0.497 e. The van der Waals surface area contributed by atoms with Crippen molar-refractivity contribution in [3.05, 3.63) is 29.3 Å². The molecule has 0 radical (unpaired) electrons. The highest BCUT2D eigenvalue weighted by Crippen LogP contribution is 2.17. The van der Waals surface area contributed by atoms with Crippen LogP contribution in [0.2, 0.25) is 0 Å². The van der Waals surface area contributed by atoms with Gasteiger partial charge in [-0.2, -0.15) is 0 Å². The number of nitrogens with one attached hydrogen (secondary N) is 1. The van der Waals surface area contributed by atoms with Crippen LogP contribution in [0.3, 0.4) is 0 Å². The third kappa shape index (κ3) is 5.34. The number of piperidine rings is 1. The number of halogens is 1. The Kier molecular flexibility index (Phi) is 8.00. The van der Waals surface area contributed by atoms with Gasteiger partial charge in [0.25, 0.3) is 0 Å². The van der Waals surface area contributed by atoms with E-state index in [0.29, 0.717) is 0 Å². The third-order valence-electron chi connectivity index (χ3n) is 3.97. The van der Waals surface area contributed by atoms with Crippen molar-refractivity contribution in [3.63, 3.8) is 0 Å². The topological polar surface area (TPSA) is 36.9 Å². The molecule has 124 valence electrons. The molecular weight excluding hydrogens is 389 g/mol. The minimum absolute atomic E-state index is 0. The molecule has 0 saturated carbocycles. The molecule has 2 rings (SSSR count). The summed E-state index contributed by atoms with van der Waals surface area (Å²) in [7, 11) is 3.57. The van der Waals surface area contributed by atoms with Gasteiger partial charge in [0.15, 0.2) is 5.96 Å². The number of guanidine groups is 1. The number of hydrogen-bond donors (Lipinski definition) is 1. The first-order chi connectivity index (χ1) is 10.1. The molecule has 0 spiro atoms. The van der Waals surface area contributed by atoms with Crippen molar-refractivity contribution in [1.82, 2.24) is 10.2 Å². The number of hydrogen-bond acceptors (Lipinski definition) is 2. The highest BCUT2D eigenvalue weighted by molar-refractivity contribution is 14.0.